The summed E-state index contributed by atoms with van der Waals surface area (Å²) in [7, 11) is 4.52. The molecule has 9 heteroatoms. The lowest BCUT2D eigenvalue weighted by Crippen LogP contribution is -2.37. The van der Waals surface area contributed by atoms with Crippen molar-refractivity contribution in [1.82, 2.24) is 10.2 Å². The first-order valence-corrected chi connectivity index (χ1v) is 11.1. The average molecular weight is 471 g/mol. The monoisotopic (exact) mass is 470 g/mol. The minimum Gasteiger partial charge on any atom is -0.493 e. The molecular formula is C24H26N2O6S. The van der Waals surface area contributed by atoms with Crippen molar-refractivity contribution < 1.29 is 28.6 Å². The number of hydrogen-bond acceptors (Lipinski definition) is 7. The van der Waals surface area contributed by atoms with Crippen molar-refractivity contribution in [3.63, 3.8) is 0 Å². The minimum absolute atomic E-state index is 0.0753. The second-order valence-corrected chi connectivity index (χ2v) is 8.30. The molecule has 1 saturated heterocycles. The molecule has 3 amide bonds. The summed E-state index contributed by atoms with van der Waals surface area (Å²) < 4.78 is 15.9. The summed E-state index contributed by atoms with van der Waals surface area (Å²) in [6.45, 7) is 2.23. The van der Waals surface area contributed by atoms with E-state index in [1.54, 1.807) is 18.2 Å². The van der Waals surface area contributed by atoms with E-state index in [9.17, 15) is 14.4 Å². The molecular weight excluding hydrogens is 444 g/mol. The summed E-state index contributed by atoms with van der Waals surface area (Å²) in [4.78, 5) is 38.8. The molecule has 2 aromatic carbocycles. The van der Waals surface area contributed by atoms with E-state index in [-0.39, 0.29) is 36.6 Å². The zero-order chi connectivity index (χ0) is 24.0. The lowest BCUT2D eigenvalue weighted by atomic mass is 10.1. The van der Waals surface area contributed by atoms with Gasteiger partial charge in [-0.1, -0.05) is 29.8 Å². The molecule has 1 N–H and O–H groups in total. The van der Waals surface area contributed by atoms with Gasteiger partial charge in [0.2, 0.25) is 11.7 Å². The zero-order valence-electron chi connectivity index (χ0n) is 19.0. The van der Waals surface area contributed by atoms with Crippen LogP contribution in [-0.4, -0.2) is 56.4 Å². The quantitative estimate of drug-likeness (QED) is 0.561. The number of imide groups is 1. The molecule has 1 aliphatic heterocycles. The third-order valence-electron chi connectivity index (χ3n) is 5.00. The number of nitrogens with one attached hydrogen (secondary N) is 1. The topological polar surface area (TPSA) is 94.2 Å². The second kappa shape index (κ2) is 10.9. The molecule has 3 rings (SSSR count). The Morgan fingerprint density at radius 1 is 1.03 bits per heavy atom. The van der Waals surface area contributed by atoms with E-state index in [1.807, 2.05) is 31.2 Å². The smallest absolute Gasteiger partial charge is 0.293 e. The van der Waals surface area contributed by atoms with Crippen LogP contribution in [0, 0.1) is 6.92 Å². The fourth-order valence-corrected chi connectivity index (χ4v) is 4.16. The van der Waals surface area contributed by atoms with Gasteiger partial charge in [-0.05, 0) is 48.0 Å². The van der Waals surface area contributed by atoms with Gasteiger partial charge in [0.25, 0.3) is 11.1 Å². The minimum atomic E-state index is -0.357. The third-order valence-corrected chi connectivity index (χ3v) is 5.90. The highest BCUT2D eigenvalue weighted by Crippen LogP contribution is 2.38. The van der Waals surface area contributed by atoms with Gasteiger partial charge < -0.3 is 19.5 Å². The van der Waals surface area contributed by atoms with Crippen molar-refractivity contribution >= 4 is 34.9 Å². The predicted octanol–water partition coefficient (Wildman–Crippen LogP) is 3.42. The summed E-state index contributed by atoms with van der Waals surface area (Å²) in [6, 6.07) is 11.1. The molecule has 0 aliphatic carbocycles. The lowest BCUT2D eigenvalue weighted by molar-refractivity contribution is -0.124. The number of aryl methyl sites for hydroxylation is 1. The molecule has 0 unspecified atom stereocenters. The van der Waals surface area contributed by atoms with Crippen LogP contribution in [-0.2, 0) is 16.0 Å². The molecule has 0 radical (unpaired) electrons. The first-order valence-electron chi connectivity index (χ1n) is 10.2. The van der Waals surface area contributed by atoms with Crippen LogP contribution in [0.4, 0.5) is 4.79 Å². The van der Waals surface area contributed by atoms with Crippen LogP contribution in [0.2, 0.25) is 0 Å². The average Bonchev–Trinajstić information content (AvgIpc) is 3.07. The number of thioether (sulfide) groups is 1. The maximum Gasteiger partial charge on any atom is 0.293 e. The van der Waals surface area contributed by atoms with Gasteiger partial charge in [0.05, 0.1) is 32.7 Å². The second-order valence-electron chi connectivity index (χ2n) is 7.30. The molecule has 0 aromatic heterocycles. The summed E-state index contributed by atoms with van der Waals surface area (Å²) in [5.74, 6) is 0.744. The molecule has 1 fully saturated rings. The van der Waals surface area contributed by atoms with E-state index in [0.717, 1.165) is 27.8 Å². The largest absolute Gasteiger partial charge is 0.493 e. The molecule has 0 atom stereocenters. The van der Waals surface area contributed by atoms with E-state index in [1.165, 1.54) is 21.3 Å². The molecule has 1 aliphatic rings. The standard InChI is InChI=1S/C24H26N2O6S/c1-15-5-7-16(8-6-15)13-20-23(28)26(24(29)33-20)10-9-25-21(27)14-17-11-18(30-2)22(32-4)19(12-17)31-3/h5-8,11-13H,9-10,14H2,1-4H3,(H,25,27). The molecule has 174 valence electrons. The predicted molar refractivity (Wildman–Crippen MR) is 127 cm³/mol. The SMILES string of the molecule is COc1cc(CC(=O)NCCN2C(=O)SC(=Cc3ccc(C)cc3)C2=O)cc(OC)c1OC. The highest BCUT2D eigenvalue weighted by atomic mass is 32.2. The number of carbonyl (C=O) groups is 3. The van der Waals surface area contributed by atoms with Crippen molar-refractivity contribution in [2.75, 3.05) is 34.4 Å². The van der Waals surface area contributed by atoms with Crippen molar-refractivity contribution in [3.05, 3.63) is 58.0 Å². The van der Waals surface area contributed by atoms with Gasteiger partial charge in [-0.25, -0.2) is 0 Å². The fourth-order valence-electron chi connectivity index (χ4n) is 3.30. The van der Waals surface area contributed by atoms with Gasteiger partial charge in [0.15, 0.2) is 11.5 Å². The Morgan fingerprint density at radius 2 is 1.67 bits per heavy atom. The number of amides is 3. The highest BCUT2D eigenvalue weighted by molar-refractivity contribution is 8.18. The van der Waals surface area contributed by atoms with Crippen LogP contribution in [0.3, 0.4) is 0 Å². The van der Waals surface area contributed by atoms with E-state index >= 15 is 0 Å². The Bertz CT molecular complexity index is 1060. The molecule has 8 nitrogen and oxygen atoms in total. The lowest BCUT2D eigenvalue weighted by Gasteiger charge is -2.15. The molecule has 33 heavy (non-hydrogen) atoms. The molecule has 0 bridgehead atoms. The highest BCUT2D eigenvalue weighted by Gasteiger charge is 2.34. The van der Waals surface area contributed by atoms with Crippen LogP contribution in [0.1, 0.15) is 16.7 Å². The van der Waals surface area contributed by atoms with Gasteiger partial charge in [0.1, 0.15) is 0 Å². The van der Waals surface area contributed by atoms with Gasteiger partial charge in [-0.3, -0.25) is 19.3 Å². The third kappa shape index (κ3) is 5.87. The van der Waals surface area contributed by atoms with Crippen LogP contribution in [0.25, 0.3) is 6.08 Å². The van der Waals surface area contributed by atoms with Crippen molar-refractivity contribution in [3.8, 4) is 17.2 Å². The summed E-state index contributed by atoms with van der Waals surface area (Å²) in [6.07, 6.45) is 1.78. The maximum atomic E-state index is 12.6. The molecule has 0 saturated carbocycles. The van der Waals surface area contributed by atoms with E-state index in [0.29, 0.717) is 27.7 Å². The van der Waals surface area contributed by atoms with Gasteiger partial charge in [-0.15, -0.1) is 0 Å². The van der Waals surface area contributed by atoms with E-state index in [4.69, 9.17) is 14.2 Å². The Hall–Kier alpha value is -3.46. The number of carbonyl (C=O) groups excluding carboxylic acids is 3. The van der Waals surface area contributed by atoms with Crippen LogP contribution in [0.5, 0.6) is 17.2 Å². The summed E-state index contributed by atoms with van der Waals surface area (Å²) in [5, 5.41) is 2.40. The van der Waals surface area contributed by atoms with Crippen LogP contribution >= 0.6 is 11.8 Å². The summed E-state index contributed by atoms with van der Waals surface area (Å²) >= 11 is 0.900. The van der Waals surface area contributed by atoms with Gasteiger partial charge >= 0.3 is 0 Å². The van der Waals surface area contributed by atoms with E-state index < -0.39 is 0 Å². The maximum absolute atomic E-state index is 12.6. The first kappa shape index (κ1) is 24.2. The number of rotatable bonds is 9. The van der Waals surface area contributed by atoms with Gasteiger partial charge in [-0.2, -0.15) is 0 Å². The summed E-state index contributed by atoms with van der Waals surface area (Å²) in [5.41, 5.74) is 2.64. The van der Waals surface area contributed by atoms with E-state index in [2.05, 4.69) is 5.32 Å². The van der Waals surface area contributed by atoms with Crippen molar-refractivity contribution in [1.29, 1.82) is 0 Å². The number of ether oxygens (including phenoxy) is 3. The molecule has 2 aromatic rings. The van der Waals surface area contributed by atoms with Crippen molar-refractivity contribution in [2.24, 2.45) is 0 Å². The number of hydrogen-bond donors (Lipinski definition) is 1. The fraction of sp³-hybridized carbons (Fsp3) is 0.292. The number of nitrogens with zero attached hydrogens (tertiary/aromatic N) is 1. The zero-order valence-corrected chi connectivity index (χ0v) is 19.8. The first-order chi connectivity index (χ1) is 15.9. The number of benzene rings is 2. The Labute approximate surface area is 196 Å². The Morgan fingerprint density at radius 3 is 2.24 bits per heavy atom. The normalized spacial score (nSPS) is 14.5. The van der Waals surface area contributed by atoms with Crippen molar-refractivity contribution in [2.45, 2.75) is 13.3 Å². The van der Waals surface area contributed by atoms with Crippen LogP contribution < -0.4 is 19.5 Å². The molecule has 0 spiro atoms. The Balaban J connectivity index is 1.57. The number of methoxy groups -OCH3 is 3. The van der Waals surface area contributed by atoms with Crippen LogP contribution in [0.15, 0.2) is 41.3 Å². The molecule has 1 heterocycles. The van der Waals surface area contributed by atoms with Gasteiger partial charge in [0, 0.05) is 13.1 Å². The Kier molecular flexibility index (Phi) is 8.00.